The zero-order chi connectivity index (χ0) is 14.7. The molecule has 0 saturated carbocycles. The van der Waals surface area contributed by atoms with Gasteiger partial charge in [0, 0.05) is 20.8 Å². The molecule has 1 N–H and O–H groups in total. The zero-order valence-electron chi connectivity index (χ0n) is 10.9. The lowest BCUT2D eigenvalue weighted by Crippen LogP contribution is -1.83. The van der Waals surface area contributed by atoms with Crippen molar-refractivity contribution < 1.29 is 0 Å². The number of thioether (sulfide) groups is 1. The topological polar surface area (TPSA) is 41.6 Å². The summed E-state index contributed by atoms with van der Waals surface area (Å²) in [7, 11) is 0. The third-order valence-electron chi connectivity index (χ3n) is 2.85. The number of nitrogens with zero attached hydrogens (tertiary/aromatic N) is 2. The lowest BCUT2D eigenvalue weighted by molar-refractivity contribution is 0.973. The Morgan fingerprint density at radius 3 is 2.81 bits per heavy atom. The van der Waals surface area contributed by atoms with Crippen molar-refractivity contribution in [1.82, 2.24) is 15.2 Å². The second-order valence-corrected chi connectivity index (χ2v) is 6.60. The summed E-state index contributed by atoms with van der Waals surface area (Å²) in [6, 6.07) is 15.7. The van der Waals surface area contributed by atoms with Gasteiger partial charge in [0.05, 0.1) is 0 Å². The fourth-order valence-corrected chi connectivity index (χ4v) is 3.29. The maximum Gasteiger partial charge on any atom is 0.209 e. The van der Waals surface area contributed by atoms with E-state index in [2.05, 4.69) is 31.1 Å². The average Bonchev–Trinajstić information content (AvgIpc) is 2.94. The predicted molar refractivity (Wildman–Crippen MR) is 90.5 cm³/mol. The van der Waals surface area contributed by atoms with E-state index in [0.29, 0.717) is 0 Å². The number of hydrogen-bond acceptors (Lipinski definition) is 3. The Morgan fingerprint density at radius 2 is 2.00 bits per heavy atom. The molecule has 0 radical (unpaired) electrons. The van der Waals surface area contributed by atoms with E-state index in [9.17, 15) is 0 Å². The Bertz CT molecular complexity index is 760. The number of H-pyrrole nitrogens is 1. The van der Waals surface area contributed by atoms with Crippen LogP contribution in [0.1, 0.15) is 5.56 Å². The smallest absolute Gasteiger partial charge is 0.209 e. The largest absolute Gasteiger partial charge is 0.258 e. The van der Waals surface area contributed by atoms with Gasteiger partial charge < -0.3 is 0 Å². The molecule has 0 bridgehead atoms. The minimum absolute atomic E-state index is 0.723. The minimum atomic E-state index is 0.723. The highest BCUT2D eigenvalue weighted by molar-refractivity contribution is 9.10. The van der Waals surface area contributed by atoms with Crippen molar-refractivity contribution >= 4 is 39.3 Å². The van der Waals surface area contributed by atoms with Crippen LogP contribution in [0.15, 0.2) is 58.2 Å². The van der Waals surface area contributed by atoms with E-state index in [1.807, 2.05) is 48.5 Å². The van der Waals surface area contributed by atoms with Crippen LogP contribution in [0.5, 0.6) is 0 Å². The molecule has 0 amide bonds. The van der Waals surface area contributed by atoms with Crippen molar-refractivity contribution in [3.05, 3.63) is 63.6 Å². The van der Waals surface area contributed by atoms with Gasteiger partial charge in [0.2, 0.25) is 5.16 Å². The van der Waals surface area contributed by atoms with Gasteiger partial charge in [0.25, 0.3) is 0 Å². The Hall–Kier alpha value is -1.30. The summed E-state index contributed by atoms with van der Waals surface area (Å²) in [5.74, 6) is 1.55. The van der Waals surface area contributed by atoms with Gasteiger partial charge in [0.15, 0.2) is 5.82 Å². The van der Waals surface area contributed by atoms with Gasteiger partial charge in [-0.2, -0.15) is 0 Å². The number of halogens is 2. The van der Waals surface area contributed by atoms with Crippen molar-refractivity contribution in [2.24, 2.45) is 0 Å². The summed E-state index contributed by atoms with van der Waals surface area (Å²) < 4.78 is 0.993. The molecule has 21 heavy (non-hydrogen) atoms. The number of benzene rings is 2. The van der Waals surface area contributed by atoms with E-state index in [0.717, 1.165) is 37.4 Å². The number of hydrogen-bond donors (Lipinski definition) is 1. The van der Waals surface area contributed by atoms with Gasteiger partial charge in [-0.15, -0.1) is 5.10 Å². The molecule has 1 heterocycles. The Kier molecular flexibility index (Phi) is 4.63. The normalized spacial score (nSPS) is 10.8. The average molecular weight is 381 g/mol. The number of aromatic nitrogens is 3. The maximum atomic E-state index is 5.98. The third kappa shape index (κ3) is 3.67. The zero-order valence-corrected chi connectivity index (χ0v) is 14.0. The van der Waals surface area contributed by atoms with Gasteiger partial charge in [-0.25, -0.2) is 4.98 Å². The predicted octanol–water partition coefficient (Wildman–Crippen LogP) is 5.18. The monoisotopic (exact) mass is 379 g/mol. The van der Waals surface area contributed by atoms with E-state index in [4.69, 9.17) is 11.6 Å². The molecule has 0 atom stereocenters. The van der Waals surface area contributed by atoms with E-state index in [-0.39, 0.29) is 0 Å². The molecule has 106 valence electrons. The van der Waals surface area contributed by atoms with Crippen LogP contribution < -0.4 is 0 Å². The Labute approximate surface area is 140 Å². The molecule has 2 aromatic carbocycles. The summed E-state index contributed by atoms with van der Waals surface area (Å²) in [6.07, 6.45) is 0. The fraction of sp³-hybridized carbons (Fsp3) is 0.0667. The quantitative estimate of drug-likeness (QED) is 0.634. The molecule has 3 nitrogen and oxygen atoms in total. The van der Waals surface area contributed by atoms with Gasteiger partial charge in [-0.1, -0.05) is 69.6 Å². The van der Waals surface area contributed by atoms with E-state index in [1.54, 1.807) is 11.8 Å². The SMILES string of the molecule is Clc1cccc(CSc2n[nH]c(-c3ccccc3Br)n2)c1. The van der Waals surface area contributed by atoms with Crippen LogP contribution in [0.2, 0.25) is 5.02 Å². The summed E-state index contributed by atoms with van der Waals surface area (Å²) in [5.41, 5.74) is 2.15. The summed E-state index contributed by atoms with van der Waals surface area (Å²) in [5, 5.41) is 8.69. The Morgan fingerprint density at radius 1 is 1.14 bits per heavy atom. The first-order valence-electron chi connectivity index (χ1n) is 6.27. The fourth-order valence-electron chi connectivity index (χ4n) is 1.86. The molecule has 0 fully saturated rings. The molecule has 3 rings (SSSR count). The lowest BCUT2D eigenvalue weighted by atomic mass is 10.2. The molecule has 0 spiro atoms. The molecule has 1 aromatic heterocycles. The second kappa shape index (κ2) is 6.64. The first kappa shape index (κ1) is 14.6. The second-order valence-electron chi connectivity index (χ2n) is 4.37. The van der Waals surface area contributed by atoms with Crippen molar-refractivity contribution in [3.63, 3.8) is 0 Å². The van der Waals surface area contributed by atoms with Gasteiger partial charge in [-0.05, 0) is 23.8 Å². The summed E-state index contributed by atoms with van der Waals surface area (Å²) >= 11 is 11.1. The Balaban J connectivity index is 1.72. The van der Waals surface area contributed by atoms with Gasteiger partial charge in [0.1, 0.15) is 0 Å². The molecular formula is C15H11BrClN3S. The van der Waals surface area contributed by atoms with Crippen molar-refractivity contribution in [2.75, 3.05) is 0 Å². The molecular weight excluding hydrogens is 370 g/mol. The number of nitrogens with one attached hydrogen (secondary N) is 1. The van der Waals surface area contributed by atoms with Crippen LogP contribution >= 0.6 is 39.3 Å². The van der Waals surface area contributed by atoms with Crippen LogP contribution in [0.4, 0.5) is 0 Å². The van der Waals surface area contributed by atoms with Crippen LogP contribution in [-0.4, -0.2) is 15.2 Å². The van der Waals surface area contributed by atoms with Crippen molar-refractivity contribution in [1.29, 1.82) is 0 Å². The molecule has 0 unspecified atom stereocenters. The van der Waals surface area contributed by atoms with Crippen LogP contribution in [0.3, 0.4) is 0 Å². The van der Waals surface area contributed by atoms with Crippen molar-refractivity contribution in [3.8, 4) is 11.4 Å². The molecule has 0 aliphatic heterocycles. The summed E-state index contributed by atoms with van der Waals surface area (Å²) in [6.45, 7) is 0. The highest BCUT2D eigenvalue weighted by Crippen LogP contribution is 2.27. The minimum Gasteiger partial charge on any atom is -0.258 e. The maximum absolute atomic E-state index is 5.98. The van der Waals surface area contributed by atoms with Gasteiger partial charge in [-0.3, -0.25) is 5.10 Å². The summed E-state index contributed by atoms with van der Waals surface area (Å²) in [4.78, 5) is 4.51. The lowest BCUT2D eigenvalue weighted by Gasteiger charge is -1.99. The first-order chi connectivity index (χ1) is 10.2. The van der Waals surface area contributed by atoms with Crippen LogP contribution in [0, 0.1) is 0 Å². The van der Waals surface area contributed by atoms with E-state index in [1.165, 1.54) is 0 Å². The number of rotatable bonds is 4. The standard InChI is InChI=1S/C15H11BrClN3S/c16-13-7-2-1-6-12(13)14-18-15(20-19-14)21-9-10-4-3-5-11(17)8-10/h1-8H,9H2,(H,18,19,20). The highest BCUT2D eigenvalue weighted by atomic mass is 79.9. The highest BCUT2D eigenvalue weighted by Gasteiger charge is 2.09. The third-order valence-corrected chi connectivity index (χ3v) is 4.70. The molecule has 6 heteroatoms. The number of aromatic amines is 1. The van der Waals surface area contributed by atoms with E-state index < -0.39 is 0 Å². The first-order valence-corrected chi connectivity index (χ1v) is 8.42. The molecule has 0 saturated heterocycles. The molecule has 3 aromatic rings. The van der Waals surface area contributed by atoms with Crippen LogP contribution in [0.25, 0.3) is 11.4 Å². The van der Waals surface area contributed by atoms with Gasteiger partial charge >= 0.3 is 0 Å². The van der Waals surface area contributed by atoms with Crippen LogP contribution in [-0.2, 0) is 5.75 Å². The molecule has 0 aliphatic rings. The van der Waals surface area contributed by atoms with E-state index >= 15 is 0 Å². The van der Waals surface area contributed by atoms with Crippen molar-refractivity contribution in [2.45, 2.75) is 10.9 Å². The molecule has 0 aliphatic carbocycles.